The molecule has 2 unspecified atom stereocenters. The topological polar surface area (TPSA) is 50.8 Å². The third-order valence-electron chi connectivity index (χ3n) is 8.89. The Morgan fingerprint density at radius 1 is 0.897 bits per heavy atom. The summed E-state index contributed by atoms with van der Waals surface area (Å²) in [5.74, 6) is 0.927. The smallest absolute Gasteiger partial charge is 0.227 e. The van der Waals surface area contributed by atoms with Gasteiger partial charge in [-0.15, -0.1) is 0 Å². The number of nitrogens with zero attached hydrogens (tertiary/aromatic N) is 3. The van der Waals surface area contributed by atoms with Crippen LogP contribution in [0, 0.1) is 5.92 Å². The van der Waals surface area contributed by atoms with Crippen molar-refractivity contribution in [3.63, 3.8) is 0 Å². The van der Waals surface area contributed by atoms with E-state index in [4.69, 9.17) is 19.4 Å². The van der Waals surface area contributed by atoms with Gasteiger partial charge < -0.3 is 4.42 Å². The van der Waals surface area contributed by atoms with Crippen molar-refractivity contribution in [2.24, 2.45) is 15.9 Å². The molecule has 1 aliphatic carbocycles. The molecule has 0 saturated heterocycles. The van der Waals surface area contributed by atoms with Crippen molar-refractivity contribution in [2.45, 2.75) is 56.9 Å². The molecular formula is C35H33N3O. The first-order valence-corrected chi connectivity index (χ1v) is 14.2. The van der Waals surface area contributed by atoms with Crippen LogP contribution >= 0.6 is 0 Å². The summed E-state index contributed by atoms with van der Waals surface area (Å²) in [6.07, 6.45) is 11.8. The van der Waals surface area contributed by atoms with Crippen LogP contribution < -0.4 is 0 Å². The van der Waals surface area contributed by atoms with E-state index in [1.165, 1.54) is 36.8 Å². The van der Waals surface area contributed by atoms with E-state index in [2.05, 4.69) is 68.3 Å². The second kappa shape index (κ2) is 9.60. The van der Waals surface area contributed by atoms with Crippen molar-refractivity contribution in [1.29, 1.82) is 0 Å². The predicted molar refractivity (Wildman–Crippen MR) is 161 cm³/mol. The minimum atomic E-state index is -0.150. The van der Waals surface area contributed by atoms with E-state index in [9.17, 15) is 0 Å². The van der Waals surface area contributed by atoms with E-state index in [0.29, 0.717) is 5.71 Å². The lowest BCUT2D eigenvalue weighted by Gasteiger charge is -2.31. The Morgan fingerprint density at radius 3 is 2.51 bits per heavy atom. The van der Waals surface area contributed by atoms with Crippen LogP contribution in [0.25, 0.3) is 22.1 Å². The van der Waals surface area contributed by atoms with E-state index < -0.39 is 0 Å². The Bertz CT molecular complexity index is 1710. The van der Waals surface area contributed by atoms with Crippen molar-refractivity contribution < 1.29 is 4.42 Å². The van der Waals surface area contributed by atoms with E-state index in [1.54, 1.807) is 0 Å². The van der Waals surface area contributed by atoms with Gasteiger partial charge in [-0.3, -0.25) is 9.98 Å². The molecule has 4 nitrogen and oxygen atoms in total. The second-order valence-corrected chi connectivity index (χ2v) is 11.2. The Kier molecular flexibility index (Phi) is 5.92. The van der Waals surface area contributed by atoms with Gasteiger partial charge in [-0.05, 0) is 60.6 Å². The number of pyridine rings is 1. The highest BCUT2D eigenvalue weighted by Gasteiger charge is 2.33. The first kappa shape index (κ1) is 24.0. The Labute approximate surface area is 229 Å². The van der Waals surface area contributed by atoms with E-state index >= 15 is 0 Å². The number of hydrogen-bond acceptors (Lipinski definition) is 4. The van der Waals surface area contributed by atoms with Crippen molar-refractivity contribution in [2.75, 3.05) is 0 Å². The summed E-state index contributed by atoms with van der Waals surface area (Å²) in [4.78, 5) is 15.1. The minimum Gasteiger partial charge on any atom is -0.437 e. The molecule has 1 saturated carbocycles. The standard InChI is InChI=1S/C35H33N3O/c1-4-30-26-13-9-8-12-25(26)27-17-14-23-15-18-28-29-19-16-24(20-22-10-6-7-11-22)37-35(29)39-34(28)32(23)31(5-2)36-21(3)33(27)38-30/h4-5,8-9,12-13,15-16,18-19,22,27,33H,1-3,6-7,10-11,14,17,20H2/b36-31-. The molecule has 4 aromatic rings. The fourth-order valence-corrected chi connectivity index (χ4v) is 6.96. The number of aryl methyl sites for hydroxylation is 1. The maximum Gasteiger partial charge on any atom is 0.227 e. The molecule has 3 aliphatic rings. The third kappa shape index (κ3) is 4.01. The second-order valence-electron chi connectivity index (χ2n) is 11.2. The molecule has 1 fully saturated rings. The highest BCUT2D eigenvalue weighted by Crippen LogP contribution is 2.41. The zero-order valence-electron chi connectivity index (χ0n) is 22.3. The fourth-order valence-electron chi connectivity index (χ4n) is 6.96. The van der Waals surface area contributed by atoms with Crippen LogP contribution in [0.2, 0.25) is 0 Å². The lowest BCUT2D eigenvalue weighted by atomic mass is 9.79. The number of rotatable bonds is 4. The first-order chi connectivity index (χ1) is 19.1. The molecule has 2 aromatic heterocycles. The highest BCUT2D eigenvalue weighted by atomic mass is 16.3. The molecule has 2 aromatic carbocycles. The van der Waals surface area contributed by atoms with Crippen molar-refractivity contribution >= 4 is 33.5 Å². The number of aromatic nitrogens is 1. The van der Waals surface area contributed by atoms with Crippen LogP contribution in [-0.4, -0.2) is 22.4 Å². The van der Waals surface area contributed by atoms with Gasteiger partial charge >= 0.3 is 0 Å². The van der Waals surface area contributed by atoms with Crippen molar-refractivity contribution in [3.05, 3.63) is 114 Å². The van der Waals surface area contributed by atoms with Gasteiger partial charge in [0.2, 0.25) is 5.71 Å². The minimum absolute atomic E-state index is 0.150. The zero-order chi connectivity index (χ0) is 26.5. The van der Waals surface area contributed by atoms with Gasteiger partial charge in [-0.1, -0.05) is 81.8 Å². The maximum atomic E-state index is 6.56. The molecule has 2 aliphatic heterocycles. The van der Waals surface area contributed by atoms with Crippen LogP contribution in [0.5, 0.6) is 0 Å². The molecule has 194 valence electrons. The number of aliphatic imine (C=N–C) groups is 2. The number of furan rings is 1. The average molecular weight is 512 g/mol. The monoisotopic (exact) mass is 511 g/mol. The number of allylic oxidation sites excluding steroid dienone is 2. The van der Waals surface area contributed by atoms with Crippen LogP contribution in [0.4, 0.5) is 0 Å². The van der Waals surface area contributed by atoms with Gasteiger partial charge in [-0.2, -0.15) is 0 Å². The van der Waals surface area contributed by atoms with Gasteiger partial charge in [0.1, 0.15) is 5.58 Å². The average Bonchev–Trinajstić information content (AvgIpc) is 3.61. The highest BCUT2D eigenvalue weighted by molar-refractivity contribution is 6.20. The van der Waals surface area contributed by atoms with Crippen molar-refractivity contribution in [1.82, 2.24) is 4.98 Å². The molecule has 0 N–H and O–H groups in total. The third-order valence-corrected chi connectivity index (χ3v) is 8.89. The van der Waals surface area contributed by atoms with E-state index in [-0.39, 0.29) is 12.0 Å². The maximum absolute atomic E-state index is 6.56. The molecule has 0 spiro atoms. The summed E-state index contributed by atoms with van der Waals surface area (Å²) in [7, 11) is 0. The lowest BCUT2D eigenvalue weighted by molar-refractivity contribution is 0.537. The Morgan fingerprint density at radius 2 is 1.69 bits per heavy atom. The van der Waals surface area contributed by atoms with Crippen LogP contribution in [-0.2, 0) is 12.8 Å². The lowest BCUT2D eigenvalue weighted by Crippen LogP contribution is -2.27. The molecular weight excluding hydrogens is 478 g/mol. The molecule has 7 rings (SSSR count). The number of fused-ring (bicyclic) bond motifs is 8. The van der Waals surface area contributed by atoms with Crippen LogP contribution in [0.1, 0.15) is 66.0 Å². The van der Waals surface area contributed by atoms with Crippen LogP contribution in [0.3, 0.4) is 0 Å². The van der Waals surface area contributed by atoms with Gasteiger partial charge in [-0.25, -0.2) is 4.98 Å². The summed E-state index contributed by atoms with van der Waals surface area (Å²) in [5.41, 5.74) is 9.73. The molecule has 39 heavy (non-hydrogen) atoms. The summed E-state index contributed by atoms with van der Waals surface area (Å²) in [6.45, 7) is 12.6. The summed E-state index contributed by atoms with van der Waals surface area (Å²) < 4.78 is 6.56. The largest absolute Gasteiger partial charge is 0.437 e. The van der Waals surface area contributed by atoms with Gasteiger partial charge in [0, 0.05) is 33.5 Å². The molecule has 2 atom stereocenters. The molecule has 4 heteroatoms. The van der Waals surface area contributed by atoms with Gasteiger partial charge in [0.25, 0.3) is 0 Å². The predicted octanol–water partition coefficient (Wildman–Crippen LogP) is 8.29. The summed E-state index contributed by atoms with van der Waals surface area (Å²) >= 11 is 0. The van der Waals surface area contributed by atoms with Gasteiger partial charge in [0.05, 0.1) is 23.2 Å². The quantitative estimate of drug-likeness (QED) is 0.277. The molecule has 0 amide bonds. The van der Waals surface area contributed by atoms with Crippen LogP contribution in [0.15, 0.2) is 101 Å². The Hall–Kier alpha value is -4.05. The normalized spacial score (nSPS) is 22.6. The fraction of sp³-hybridized carbons (Fsp3) is 0.286. The first-order valence-electron chi connectivity index (χ1n) is 14.2. The molecule has 0 radical (unpaired) electrons. The summed E-state index contributed by atoms with van der Waals surface area (Å²) in [6, 6.07) is 17.2. The van der Waals surface area contributed by atoms with Gasteiger partial charge in [0.15, 0.2) is 0 Å². The van der Waals surface area contributed by atoms with E-state index in [1.807, 2.05) is 12.2 Å². The SMILES string of the molecule is C=CC1=NC2C(=C)/N=C(/C=C)c3c(ccc4c3oc3nc(CC5CCCC5)ccc34)CCC2c2ccccc21. The van der Waals surface area contributed by atoms with E-state index in [0.717, 1.165) is 75.5 Å². The Balaban J connectivity index is 1.36. The zero-order valence-corrected chi connectivity index (χ0v) is 22.3. The molecule has 4 heterocycles. The summed E-state index contributed by atoms with van der Waals surface area (Å²) in [5, 5.41) is 2.12. The number of hydrogen-bond donors (Lipinski definition) is 0. The van der Waals surface area contributed by atoms with Crippen molar-refractivity contribution in [3.8, 4) is 0 Å². The number of benzene rings is 2. The molecule has 0 bridgehead atoms.